The van der Waals surface area contributed by atoms with E-state index in [9.17, 15) is 5.11 Å². The molecule has 10 heavy (non-hydrogen) atoms. The summed E-state index contributed by atoms with van der Waals surface area (Å²) in [4.78, 5) is 0. The van der Waals surface area contributed by atoms with Gasteiger partial charge in [-0.3, -0.25) is 0 Å². The van der Waals surface area contributed by atoms with Crippen molar-refractivity contribution in [1.82, 2.24) is 0 Å². The van der Waals surface area contributed by atoms with Crippen LogP contribution in [0.5, 0.6) is 0 Å². The van der Waals surface area contributed by atoms with E-state index in [1.165, 1.54) is 0 Å². The van der Waals surface area contributed by atoms with Gasteiger partial charge in [0.05, 0.1) is 18.8 Å². The van der Waals surface area contributed by atoms with Gasteiger partial charge in [-0.1, -0.05) is 6.92 Å². The Hall–Kier alpha value is -0.0800. The summed E-state index contributed by atoms with van der Waals surface area (Å²) in [5, 5.41) is 9.40. The van der Waals surface area contributed by atoms with Crippen molar-refractivity contribution >= 4 is 0 Å². The van der Waals surface area contributed by atoms with E-state index in [4.69, 9.17) is 4.74 Å². The molecule has 2 heteroatoms. The molecule has 3 atom stereocenters. The molecule has 0 amide bonds. The molecule has 0 aromatic carbocycles. The molecule has 0 saturated carbocycles. The Morgan fingerprint density at radius 3 is 2.80 bits per heavy atom. The van der Waals surface area contributed by atoms with Crippen LogP contribution < -0.4 is 0 Å². The molecule has 2 nitrogen and oxygen atoms in total. The van der Waals surface area contributed by atoms with Crippen molar-refractivity contribution in [2.75, 3.05) is 6.61 Å². The molecule has 1 aliphatic rings. The predicted molar refractivity (Wildman–Crippen MR) is 39.8 cm³/mol. The minimum absolute atomic E-state index is 0.148. The molecular formula is C8H16O2. The molecule has 1 aliphatic heterocycles. The zero-order valence-corrected chi connectivity index (χ0v) is 6.71. The fourth-order valence-corrected chi connectivity index (χ4v) is 1.45. The van der Waals surface area contributed by atoms with E-state index in [1.54, 1.807) is 0 Å². The first-order chi connectivity index (χ1) is 4.74. The normalized spacial score (nSPS) is 36.3. The number of hydrogen-bond acceptors (Lipinski definition) is 2. The number of aliphatic hydroxyl groups excluding tert-OH is 1. The zero-order chi connectivity index (χ0) is 7.56. The van der Waals surface area contributed by atoms with Crippen LogP contribution in [0, 0.1) is 5.92 Å². The van der Waals surface area contributed by atoms with Gasteiger partial charge in [0.25, 0.3) is 0 Å². The van der Waals surface area contributed by atoms with Gasteiger partial charge in [-0.25, -0.2) is 0 Å². The summed E-state index contributed by atoms with van der Waals surface area (Å²) < 4.78 is 5.33. The molecule has 1 fully saturated rings. The highest BCUT2D eigenvalue weighted by molar-refractivity contribution is 4.75. The van der Waals surface area contributed by atoms with Crippen LogP contribution in [0.3, 0.4) is 0 Å². The van der Waals surface area contributed by atoms with Gasteiger partial charge in [0.15, 0.2) is 0 Å². The first-order valence-corrected chi connectivity index (χ1v) is 4.03. The number of ether oxygens (including phenoxy) is 1. The van der Waals surface area contributed by atoms with Crippen molar-refractivity contribution < 1.29 is 9.84 Å². The van der Waals surface area contributed by atoms with Crippen LogP contribution in [0.1, 0.15) is 26.7 Å². The summed E-state index contributed by atoms with van der Waals surface area (Å²) in [5.41, 5.74) is 0. The van der Waals surface area contributed by atoms with Gasteiger partial charge in [-0.2, -0.15) is 0 Å². The lowest BCUT2D eigenvalue weighted by Crippen LogP contribution is -2.19. The van der Waals surface area contributed by atoms with Crippen LogP contribution in [0.4, 0.5) is 0 Å². The minimum Gasteiger partial charge on any atom is -0.393 e. The van der Waals surface area contributed by atoms with Gasteiger partial charge in [0.1, 0.15) is 0 Å². The van der Waals surface area contributed by atoms with Gasteiger partial charge in [-0.15, -0.1) is 0 Å². The van der Waals surface area contributed by atoms with Gasteiger partial charge < -0.3 is 9.84 Å². The maximum atomic E-state index is 9.40. The van der Waals surface area contributed by atoms with Crippen LogP contribution >= 0.6 is 0 Å². The van der Waals surface area contributed by atoms with E-state index in [1.807, 2.05) is 6.92 Å². The third kappa shape index (κ3) is 1.70. The maximum absolute atomic E-state index is 9.40. The Morgan fingerprint density at radius 2 is 2.40 bits per heavy atom. The molecule has 0 aromatic rings. The Balaban J connectivity index is 2.29. The van der Waals surface area contributed by atoms with Gasteiger partial charge >= 0.3 is 0 Å². The Morgan fingerprint density at radius 1 is 1.70 bits per heavy atom. The molecule has 1 saturated heterocycles. The number of rotatable bonds is 2. The first-order valence-electron chi connectivity index (χ1n) is 4.03. The summed E-state index contributed by atoms with van der Waals surface area (Å²) in [6, 6.07) is 0. The van der Waals surface area contributed by atoms with Crippen LogP contribution in [-0.4, -0.2) is 23.9 Å². The van der Waals surface area contributed by atoms with Crippen molar-refractivity contribution in [1.29, 1.82) is 0 Å². The molecule has 60 valence electrons. The highest BCUT2D eigenvalue weighted by atomic mass is 16.5. The van der Waals surface area contributed by atoms with Crippen molar-refractivity contribution in [2.24, 2.45) is 5.92 Å². The molecule has 3 unspecified atom stereocenters. The predicted octanol–water partition coefficient (Wildman–Crippen LogP) is 1.18. The summed E-state index contributed by atoms with van der Waals surface area (Å²) in [7, 11) is 0. The molecule has 0 spiro atoms. The molecule has 0 bridgehead atoms. The summed E-state index contributed by atoms with van der Waals surface area (Å²) in [6.07, 6.45) is 2.08. The largest absolute Gasteiger partial charge is 0.393 e. The average molecular weight is 144 g/mol. The summed E-state index contributed by atoms with van der Waals surface area (Å²) in [5.74, 6) is 0.389. The molecule has 0 aromatic heterocycles. The maximum Gasteiger partial charge on any atom is 0.0588 e. The second kappa shape index (κ2) is 3.35. The van der Waals surface area contributed by atoms with Crippen molar-refractivity contribution in [3.8, 4) is 0 Å². The summed E-state index contributed by atoms with van der Waals surface area (Å²) in [6.45, 7) is 4.81. The molecule has 0 radical (unpaired) electrons. The molecular weight excluding hydrogens is 128 g/mol. The highest BCUT2D eigenvalue weighted by Gasteiger charge is 2.26. The van der Waals surface area contributed by atoms with Crippen LogP contribution in [0.2, 0.25) is 0 Å². The minimum atomic E-state index is -0.148. The lowest BCUT2D eigenvalue weighted by Gasteiger charge is -2.13. The number of hydrogen-bond donors (Lipinski definition) is 1. The summed E-state index contributed by atoms with van der Waals surface area (Å²) >= 11 is 0. The van der Waals surface area contributed by atoms with E-state index in [-0.39, 0.29) is 6.10 Å². The molecule has 1 heterocycles. The van der Waals surface area contributed by atoms with Gasteiger partial charge in [0.2, 0.25) is 0 Å². The number of aliphatic hydroxyl groups is 1. The topological polar surface area (TPSA) is 29.5 Å². The third-order valence-corrected chi connectivity index (χ3v) is 2.19. The van der Waals surface area contributed by atoms with E-state index >= 15 is 0 Å². The first kappa shape index (κ1) is 8.02. The third-order valence-electron chi connectivity index (χ3n) is 2.19. The molecule has 0 aliphatic carbocycles. The highest BCUT2D eigenvalue weighted by Crippen LogP contribution is 2.23. The molecule has 1 N–H and O–H groups in total. The van der Waals surface area contributed by atoms with Crippen LogP contribution in [0.25, 0.3) is 0 Å². The van der Waals surface area contributed by atoms with Crippen LogP contribution in [-0.2, 0) is 4.74 Å². The monoisotopic (exact) mass is 144 g/mol. The van der Waals surface area contributed by atoms with E-state index in [0.29, 0.717) is 12.0 Å². The fourth-order valence-electron chi connectivity index (χ4n) is 1.45. The Kier molecular flexibility index (Phi) is 2.69. The smallest absolute Gasteiger partial charge is 0.0588 e. The van der Waals surface area contributed by atoms with E-state index in [0.717, 1.165) is 19.4 Å². The van der Waals surface area contributed by atoms with Crippen molar-refractivity contribution in [3.63, 3.8) is 0 Å². The lowest BCUT2D eigenvalue weighted by molar-refractivity contribution is 0.0784. The fraction of sp³-hybridized carbons (Fsp3) is 1.00. The van der Waals surface area contributed by atoms with E-state index in [2.05, 4.69) is 6.92 Å². The lowest BCUT2D eigenvalue weighted by atomic mass is 9.98. The standard InChI is InChI=1S/C8H16O2/c1-3-8(9)7-4-6(2)10-5-7/h6-9H,3-5H2,1-2H3. The zero-order valence-electron chi connectivity index (χ0n) is 6.71. The second-order valence-electron chi connectivity index (χ2n) is 3.12. The quantitative estimate of drug-likeness (QED) is 0.630. The average Bonchev–Trinajstić information content (AvgIpc) is 2.34. The van der Waals surface area contributed by atoms with Gasteiger partial charge in [0, 0.05) is 5.92 Å². The Labute approximate surface area is 62.2 Å². The van der Waals surface area contributed by atoms with Crippen molar-refractivity contribution in [3.05, 3.63) is 0 Å². The van der Waals surface area contributed by atoms with Crippen LogP contribution in [0.15, 0.2) is 0 Å². The van der Waals surface area contributed by atoms with E-state index < -0.39 is 0 Å². The van der Waals surface area contributed by atoms with Crippen molar-refractivity contribution in [2.45, 2.75) is 38.9 Å². The Bertz CT molecular complexity index is 103. The molecule has 1 rings (SSSR count). The second-order valence-corrected chi connectivity index (χ2v) is 3.12. The SMILES string of the molecule is CCC(O)C1COC(C)C1. The van der Waals surface area contributed by atoms with Gasteiger partial charge in [-0.05, 0) is 19.8 Å².